The van der Waals surface area contributed by atoms with Crippen molar-refractivity contribution in [3.63, 3.8) is 0 Å². The number of anilines is 2. The third kappa shape index (κ3) is 5.75. The van der Waals surface area contributed by atoms with Crippen LogP contribution in [0.2, 0.25) is 0 Å². The molecule has 1 fully saturated rings. The largest absolute Gasteiger partial charge is 0.494 e. The number of nitrogens with two attached hydrogens (primary N) is 2. The van der Waals surface area contributed by atoms with Crippen LogP contribution in [0.15, 0.2) is 48.8 Å². The first-order chi connectivity index (χ1) is 16.9. The molecule has 35 heavy (non-hydrogen) atoms. The Kier molecular flexibility index (Phi) is 7.57. The maximum atomic E-state index is 14.6. The monoisotopic (exact) mass is 479 g/mol. The number of Topliss-reactive ketones (excluding diaryl/α,β-unsaturated/α-hetero) is 1. The highest BCUT2D eigenvalue weighted by Crippen LogP contribution is 2.29. The molecule has 184 valence electrons. The number of ether oxygens (including phenoxy) is 1. The van der Waals surface area contributed by atoms with Crippen molar-refractivity contribution >= 4 is 17.2 Å². The van der Waals surface area contributed by atoms with Crippen molar-refractivity contribution in [1.29, 1.82) is 0 Å². The number of carbonyl (C=O) groups excluding carboxylic acids is 1. The van der Waals surface area contributed by atoms with E-state index >= 15 is 0 Å². The normalized spacial score (nSPS) is 17.9. The van der Waals surface area contributed by atoms with Crippen molar-refractivity contribution in [3.05, 3.63) is 65.9 Å². The summed E-state index contributed by atoms with van der Waals surface area (Å²) in [6.45, 7) is 3.48. The van der Waals surface area contributed by atoms with Gasteiger partial charge in [-0.05, 0) is 49.2 Å². The van der Waals surface area contributed by atoms with Crippen molar-refractivity contribution in [3.8, 4) is 17.0 Å². The molecule has 0 saturated carbocycles. The predicted octanol–water partition coefficient (Wildman–Crippen LogP) is 2.98. The highest BCUT2D eigenvalue weighted by Gasteiger charge is 2.26. The van der Waals surface area contributed by atoms with Crippen LogP contribution in [-0.2, 0) is 6.42 Å². The number of pyridine rings is 2. The van der Waals surface area contributed by atoms with Crippen LogP contribution < -0.4 is 21.1 Å². The fourth-order valence-electron chi connectivity index (χ4n) is 4.28. The second-order valence-corrected chi connectivity index (χ2v) is 8.78. The Balaban J connectivity index is 1.61. The van der Waals surface area contributed by atoms with E-state index in [2.05, 4.69) is 9.97 Å². The van der Waals surface area contributed by atoms with Gasteiger partial charge in [-0.25, -0.2) is 9.37 Å². The molecule has 2 atom stereocenters. The number of aliphatic hydroxyl groups is 1. The van der Waals surface area contributed by atoms with Crippen LogP contribution in [0.5, 0.6) is 5.75 Å². The average Bonchev–Trinajstić information content (AvgIpc) is 2.83. The maximum absolute atomic E-state index is 14.6. The van der Waals surface area contributed by atoms with Crippen molar-refractivity contribution in [2.24, 2.45) is 5.73 Å². The van der Waals surface area contributed by atoms with Crippen LogP contribution in [0.1, 0.15) is 35.8 Å². The lowest BCUT2D eigenvalue weighted by molar-refractivity contribution is 0.0989. The predicted molar refractivity (Wildman–Crippen MR) is 133 cm³/mol. The molecular formula is C26H30FN5O3. The number of carbonyl (C=O) groups is 1. The summed E-state index contributed by atoms with van der Waals surface area (Å²) in [7, 11) is 0. The topological polar surface area (TPSA) is 128 Å². The second-order valence-electron chi connectivity index (χ2n) is 8.78. The molecule has 1 aliphatic heterocycles. The first-order valence-electron chi connectivity index (χ1n) is 11.7. The van der Waals surface area contributed by atoms with Crippen LogP contribution in [0, 0.1) is 5.82 Å². The molecular weight excluding hydrogens is 449 g/mol. The number of piperidine rings is 1. The summed E-state index contributed by atoms with van der Waals surface area (Å²) in [6, 6.07) is 9.22. The first-order valence-corrected chi connectivity index (χ1v) is 11.7. The fourth-order valence-corrected chi connectivity index (χ4v) is 4.28. The van der Waals surface area contributed by atoms with Crippen molar-refractivity contribution in [2.45, 2.75) is 38.3 Å². The Morgan fingerprint density at radius 2 is 2.09 bits per heavy atom. The zero-order chi connectivity index (χ0) is 24.9. The van der Waals surface area contributed by atoms with E-state index in [0.717, 1.165) is 12.1 Å². The minimum absolute atomic E-state index is 0.00616. The molecule has 4 rings (SSSR count). The molecule has 0 unspecified atom stereocenters. The van der Waals surface area contributed by atoms with Gasteiger partial charge in [0.1, 0.15) is 17.3 Å². The molecule has 9 heteroatoms. The van der Waals surface area contributed by atoms with Gasteiger partial charge in [-0.2, -0.15) is 0 Å². The van der Waals surface area contributed by atoms with Gasteiger partial charge >= 0.3 is 0 Å². The lowest BCUT2D eigenvalue weighted by Crippen LogP contribution is -2.49. The number of nitrogen functional groups attached to an aromatic ring is 1. The van der Waals surface area contributed by atoms with E-state index in [1.807, 2.05) is 11.8 Å². The maximum Gasteiger partial charge on any atom is 0.187 e. The number of halogens is 1. The third-order valence-corrected chi connectivity index (χ3v) is 5.91. The van der Waals surface area contributed by atoms with Crippen LogP contribution in [-0.4, -0.2) is 52.7 Å². The molecule has 1 aliphatic rings. The highest BCUT2D eigenvalue weighted by atomic mass is 19.1. The van der Waals surface area contributed by atoms with E-state index in [-0.39, 0.29) is 35.2 Å². The van der Waals surface area contributed by atoms with E-state index in [9.17, 15) is 14.3 Å². The zero-order valence-corrected chi connectivity index (χ0v) is 19.7. The number of β-amino-alcohol motifs (C(OH)–C–C–N with tert-alkyl or cyclic N) is 1. The van der Waals surface area contributed by atoms with Gasteiger partial charge in [-0.3, -0.25) is 9.78 Å². The minimum atomic E-state index is -0.545. The van der Waals surface area contributed by atoms with Crippen LogP contribution in [0.25, 0.3) is 11.3 Å². The van der Waals surface area contributed by atoms with Crippen LogP contribution in [0.3, 0.4) is 0 Å². The summed E-state index contributed by atoms with van der Waals surface area (Å²) in [6.07, 6.45) is 4.06. The molecule has 1 saturated heterocycles. The number of nitrogens with zero attached hydrogens (tertiary/aromatic N) is 3. The molecule has 0 spiro atoms. The second kappa shape index (κ2) is 10.8. The molecule has 5 N–H and O–H groups in total. The number of aliphatic hydroxyl groups excluding tert-OH is 1. The minimum Gasteiger partial charge on any atom is -0.494 e. The Hall–Kier alpha value is -3.56. The Morgan fingerprint density at radius 3 is 2.86 bits per heavy atom. The van der Waals surface area contributed by atoms with E-state index in [1.54, 1.807) is 42.7 Å². The van der Waals surface area contributed by atoms with E-state index in [1.165, 1.54) is 6.07 Å². The Labute approximate surface area is 203 Å². The average molecular weight is 480 g/mol. The summed E-state index contributed by atoms with van der Waals surface area (Å²) in [5, 5.41) is 10.2. The number of ketones is 1. The van der Waals surface area contributed by atoms with E-state index < -0.39 is 11.9 Å². The quantitative estimate of drug-likeness (QED) is 0.421. The van der Waals surface area contributed by atoms with Gasteiger partial charge in [0.25, 0.3) is 0 Å². The standard InChI is InChI=1S/C26H30FN5O3/c1-2-9-35-19-3-4-21(27)20(12-19)23-6-5-22(29)26(31-23)25(34)10-16-13-30-8-7-24(16)32-14-17(28)11-18(33)15-32/h3-8,12-13,17-18,33H,2,9-11,14-15,28-29H2,1H3/t17-,18+/m0/s1. The van der Waals surface area contributed by atoms with Gasteiger partial charge in [-0.15, -0.1) is 0 Å². The summed E-state index contributed by atoms with van der Waals surface area (Å²) in [4.78, 5) is 23.9. The van der Waals surface area contributed by atoms with Crippen LogP contribution >= 0.6 is 0 Å². The number of aromatic nitrogens is 2. The molecule has 3 heterocycles. The summed E-state index contributed by atoms with van der Waals surface area (Å²) in [5.74, 6) is -0.269. The molecule has 2 aromatic heterocycles. The smallest absolute Gasteiger partial charge is 0.187 e. The molecule has 0 amide bonds. The Morgan fingerprint density at radius 1 is 1.26 bits per heavy atom. The Bertz CT molecular complexity index is 1200. The first kappa shape index (κ1) is 24.6. The van der Waals surface area contributed by atoms with Crippen molar-refractivity contribution in [1.82, 2.24) is 9.97 Å². The van der Waals surface area contributed by atoms with E-state index in [4.69, 9.17) is 16.2 Å². The van der Waals surface area contributed by atoms with Gasteiger partial charge in [0.15, 0.2) is 5.78 Å². The van der Waals surface area contributed by atoms with Crippen LogP contribution in [0.4, 0.5) is 15.8 Å². The number of benzene rings is 1. The van der Waals surface area contributed by atoms with Crippen molar-refractivity contribution < 1.29 is 19.0 Å². The van der Waals surface area contributed by atoms with E-state index in [0.29, 0.717) is 43.1 Å². The number of hydrogen-bond donors (Lipinski definition) is 3. The molecule has 1 aromatic carbocycles. The molecule has 0 bridgehead atoms. The van der Waals surface area contributed by atoms with Gasteiger partial charge in [0, 0.05) is 54.8 Å². The summed E-state index contributed by atoms with van der Waals surface area (Å²) < 4.78 is 20.2. The third-order valence-electron chi connectivity index (χ3n) is 5.91. The SMILES string of the molecule is CCCOc1ccc(F)c(-c2ccc(N)c(C(=O)Cc3cnccc3N3C[C@@H](N)C[C@@H](O)C3)n2)c1. The fraction of sp³-hybridized carbons (Fsp3) is 0.346. The lowest BCUT2D eigenvalue weighted by atomic mass is 10.00. The molecule has 8 nitrogen and oxygen atoms in total. The molecule has 0 radical (unpaired) electrons. The van der Waals surface area contributed by atoms with Crippen molar-refractivity contribution in [2.75, 3.05) is 30.3 Å². The molecule has 0 aliphatic carbocycles. The highest BCUT2D eigenvalue weighted by molar-refractivity contribution is 6.01. The summed E-state index contributed by atoms with van der Waals surface area (Å²) >= 11 is 0. The van der Waals surface area contributed by atoms with Gasteiger partial charge in [-0.1, -0.05) is 6.92 Å². The lowest BCUT2D eigenvalue weighted by Gasteiger charge is -2.36. The van der Waals surface area contributed by atoms with Gasteiger partial charge in [0.05, 0.1) is 24.1 Å². The number of hydrogen-bond acceptors (Lipinski definition) is 8. The zero-order valence-electron chi connectivity index (χ0n) is 19.7. The van der Waals surface area contributed by atoms with Gasteiger partial charge < -0.3 is 26.2 Å². The molecule has 3 aromatic rings. The van der Waals surface area contributed by atoms with Gasteiger partial charge in [0.2, 0.25) is 0 Å². The summed E-state index contributed by atoms with van der Waals surface area (Å²) in [5.41, 5.74) is 14.4. The number of rotatable bonds is 8.